The molecule has 0 spiro atoms. The molecule has 1 rings (SSSR count). The molecule has 1 aliphatic rings. The summed E-state index contributed by atoms with van der Waals surface area (Å²) < 4.78 is 0. The van der Waals surface area contributed by atoms with Gasteiger partial charge in [0.1, 0.15) is 0 Å². The molecule has 0 nitrogen and oxygen atoms in total. The van der Waals surface area contributed by atoms with E-state index in [1.807, 2.05) is 24.8 Å². The standard InChI is InChI=1S/C10H14S/c1-4-5-6-10-8(2)7-9(3)11-10/h4-6,9H,2,7H2,1,3H3/b5-4-,10-6+. The molecule has 0 aromatic heterocycles. The van der Waals surface area contributed by atoms with Crippen LogP contribution in [-0.4, -0.2) is 5.25 Å². The maximum atomic E-state index is 4.02. The molecule has 1 fully saturated rings. The summed E-state index contributed by atoms with van der Waals surface area (Å²) >= 11 is 1.92. The first-order valence-electron chi connectivity index (χ1n) is 3.92. The SMILES string of the molecule is C=C1CC(C)S/C1=C/C=C\C. The van der Waals surface area contributed by atoms with E-state index in [9.17, 15) is 0 Å². The zero-order valence-corrected chi connectivity index (χ0v) is 7.95. The highest BCUT2D eigenvalue weighted by atomic mass is 32.2. The van der Waals surface area contributed by atoms with Crippen LogP contribution < -0.4 is 0 Å². The highest BCUT2D eigenvalue weighted by Gasteiger charge is 2.18. The van der Waals surface area contributed by atoms with E-state index in [0.29, 0.717) is 0 Å². The smallest absolute Gasteiger partial charge is 0.0107 e. The second-order valence-corrected chi connectivity index (χ2v) is 4.27. The van der Waals surface area contributed by atoms with E-state index >= 15 is 0 Å². The van der Waals surface area contributed by atoms with Crippen molar-refractivity contribution in [3.63, 3.8) is 0 Å². The average molecular weight is 166 g/mol. The Bertz CT molecular complexity index is 211. The van der Waals surface area contributed by atoms with Gasteiger partial charge in [0, 0.05) is 10.2 Å². The van der Waals surface area contributed by atoms with Crippen molar-refractivity contribution in [1.82, 2.24) is 0 Å². The average Bonchev–Trinajstić information content (AvgIpc) is 2.26. The van der Waals surface area contributed by atoms with Crippen LogP contribution in [0.15, 0.2) is 35.3 Å². The molecule has 0 N–H and O–H groups in total. The van der Waals surface area contributed by atoms with Gasteiger partial charge in [0.05, 0.1) is 0 Å². The van der Waals surface area contributed by atoms with Crippen LogP contribution in [0.1, 0.15) is 20.3 Å². The monoisotopic (exact) mass is 166 g/mol. The van der Waals surface area contributed by atoms with Gasteiger partial charge in [-0.2, -0.15) is 0 Å². The zero-order valence-electron chi connectivity index (χ0n) is 7.13. The van der Waals surface area contributed by atoms with E-state index in [2.05, 4.69) is 25.7 Å². The van der Waals surface area contributed by atoms with Gasteiger partial charge in [-0.3, -0.25) is 0 Å². The summed E-state index contributed by atoms with van der Waals surface area (Å²) in [6.07, 6.45) is 7.42. The van der Waals surface area contributed by atoms with Crippen LogP contribution in [0.25, 0.3) is 0 Å². The maximum absolute atomic E-state index is 4.02. The third kappa shape index (κ3) is 2.26. The van der Waals surface area contributed by atoms with Crippen LogP contribution in [0.4, 0.5) is 0 Å². The van der Waals surface area contributed by atoms with Crippen molar-refractivity contribution in [3.8, 4) is 0 Å². The predicted octanol–water partition coefficient (Wildman–Crippen LogP) is 3.53. The molecule has 1 heteroatoms. The number of thioether (sulfide) groups is 1. The maximum Gasteiger partial charge on any atom is 0.0107 e. The fourth-order valence-electron chi connectivity index (χ4n) is 1.13. The summed E-state index contributed by atoms with van der Waals surface area (Å²) in [6.45, 7) is 8.29. The van der Waals surface area contributed by atoms with Crippen molar-refractivity contribution in [2.24, 2.45) is 0 Å². The molecule has 0 saturated carbocycles. The van der Waals surface area contributed by atoms with E-state index in [1.54, 1.807) is 0 Å². The summed E-state index contributed by atoms with van der Waals surface area (Å²) in [5.74, 6) is 0. The summed E-state index contributed by atoms with van der Waals surface area (Å²) in [5.41, 5.74) is 1.29. The number of allylic oxidation sites excluding steroid dienone is 4. The molecule has 1 saturated heterocycles. The molecule has 60 valence electrons. The minimum atomic E-state index is 0.721. The molecule has 0 aromatic rings. The Morgan fingerprint density at radius 2 is 2.36 bits per heavy atom. The molecular weight excluding hydrogens is 152 g/mol. The van der Waals surface area contributed by atoms with Crippen LogP contribution in [-0.2, 0) is 0 Å². The minimum absolute atomic E-state index is 0.721. The van der Waals surface area contributed by atoms with Crippen LogP contribution in [0, 0.1) is 0 Å². The van der Waals surface area contributed by atoms with Crippen LogP contribution in [0.2, 0.25) is 0 Å². The molecule has 1 heterocycles. The van der Waals surface area contributed by atoms with E-state index in [4.69, 9.17) is 0 Å². The van der Waals surface area contributed by atoms with Gasteiger partial charge in [-0.05, 0) is 25.0 Å². The van der Waals surface area contributed by atoms with E-state index in [-0.39, 0.29) is 0 Å². The largest absolute Gasteiger partial charge is 0.122 e. The van der Waals surface area contributed by atoms with Gasteiger partial charge >= 0.3 is 0 Å². The molecule has 1 unspecified atom stereocenters. The molecule has 1 atom stereocenters. The Morgan fingerprint density at radius 3 is 2.82 bits per heavy atom. The normalized spacial score (nSPS) is 29.1. The van der Waals surface area contributed by atoms with Crippen molar-refractivity contribution in [2.45, 2.75) is 25.5 Å². The zero-order chi connectivity index (χ0) is 8.27. The van der Waals surface area contributed by atoms with Gasteiger partial charge in [-0.25, -0.2) is 0 Å². The summed E-state index contributed by atoms with van der Waals surface area (Å²) in [5, 5.41) is 0.721. The molecule has 0 bridgehead atoms. The molecule has 0 aliphatic carbocycles. The molecule has 11 heavy (non-hydrogen) atoms. The summed E-state index contributed by atoms with van der Waals surface area (Å²) in [7, 11) is 0. The van der Waals surface area contributed by atoms with Gasteiger partial charge in [-0.15, -0.1) is 11.8 Å². The van der Waals surface area contributed by atoms with Gasteiger partial charge in [0.15, 0.2) is 0 Å². The van der Waals surface area contributed by atoms with Gasteiger partial charge in [0.2, 0.25) is 0 Å². The van der Waals surface area contributed by atoms with E-state index in [0.717, 1.165) is 11.7 Å². The van der Waals surface area contributed by atoms with Crippen molar-refractivity contribution >= 4 is 11.8 Å². The Hall–Kier alpha value is -0.430. The highest BCUT2D eigenvalue weighted by Crippen LogP contribution is 2.39. The van der Waals surface area contributed by atoms with Crippen molar-refractivity contribution in [2.75, 3.05) is 0 Å². The van der Waals surface area contributed by atoms with Crippen molar-refractivity contribution in [1.29, 1.82) is 0 Å². The predicted molar refractivity (Wildman–Crippen MR) is 53.7 cm³/mol. The number of rotatable bonds is 1. The van der Waals surface area contributed by atoms with Crippen LogP contribution in [0.3, 0.4) is 0 Å². The van der Waals surface area contributed by atoms with Crippen LogP contribution in [0.5, 0.6) is 0 Å². The highest BCUT2D eigenvalue weighted by molar-refractivity contribution is 8.04. The Labute approximate surface area is 73.1 Å². The molecule has 0 radical (unpaired) electrons. The lowest BCUT2D eigenvalue weighted by Gasteiger charge is -1.93. The second kappa shape index (κ2) is 3.82. The lowest BCUT2D eigenvalue weighted by Crippen LogP contribution is -1.83. The lowest BCUT2D eigenvalue weighted by molar-refractivity contribution is 0.978. The summed E-state index contributed by atoms with van der Waals surface area (Å²) in [6, 6.07) is 0. The fourth-order valence-corrected chi connectivity index (χ4v) is 2.26. The fraction of sp³-hybridized carbons (Fsp3) is 0.400. The molecule has 0 aromatic carbocycles. The third-order valence-corrected chi connectivity index (χ3v) is 2.90. The molecular formula is C10H14S. The van der Waals surface area contributed by atoms with Gasteiger partial charge in [0.25, 0.3) is 0 Å². The molecule has 1 aliphatic heterocycles. The Morgan fingerprint density at radius 1 is 1.64 bits per heavy atom. The Balaban J connectivity index is 2.67. The van der Waals surface area contributed by atoms with Gasteiger partial charge in [-0.1, -0.05) is 25.7 Å². The van der Waals surface area contributed by atoms with E-state index < -0.39 is 0 Å². The summed E-state index contributed by atoms with van der Waals surface area (Å²) in [4.78, 5) is 1.36. The van der Waals surface area contributed by atoms with Crippen molar-refractivity contribution in [3.05, 3.63) is 35.3 Å². The Kier molecular flexibility index (Phi) is 3.01. The number of hydrogen-bond donors (Lipinski definition) is 0. The third-order valence-electron chi connectivity index (χ3n) is 1.65. The van der Waals surface area contributed by atoms with Crippen LogP contribution >= 0.6 is 11.8 Å². The first kappa shape index (κ1) is 8.66. The topological polar surface area (TPSA) is 0 Å². The first-order chi connectivity index (χ1) is 5.24. The lowest BCUT2D eigenvalue weighted by atomic mass is 10.1. The number of hydrogen-bond acceptors (Lipinski definition) is 1. The van der Waals surface area contributed by atoms with E-state index in [1.165, 1.54) is 10.5 Å². The first-order valence-corrected chi connectivity index (χ1v) is 4.79. The second-order valence-electron chi connectivity index (χ2n) is 2.79. The minimum Gasteiger partial charge on any atom is -0.122 e. The van der Waals surface area contributed by atoms with Gasteiger partial charge < -0.3 is 0 Å². The van der Waals surface area contributed by atoms with Crippen molar-refractivity contribution < 1.29 is 0 Å². The molecule has 0 amide bonds. The quantitative estimate of drug-likeness (QED) is 0.574.